The van der Waals surface area contributed by atoms with E-state index in [0.29, 0.717) is 17.4 Å². The number of nitrogens with one attached hydrogen (secondary N) is 1. The number of amides is 2. The highest BCUT2D eigenvalue weighted by atomic mass is 19.1. The first-order valence-corrected chi connectivity index (χ1v) is 8.18. The third-order valence-corrected chi connectivity index (χ3v) is 4.48. The molecule has 0 heterocycles. The second-order valence-corrected chi connectivity index (χ2v) is 6.14. The molecule has 0 radical (unpaired) electrons. The maximum absolute atomic E-state index is 14.4. The number of hydrogen-bond donors (Lipinski definition) is 2. The molecular weight excluding hydrogens is 297 g/mol. The first kappa shape index (κ1) is 17.5. The van der Waals surface area contributed by atoms with Gasteiger partial charge in [-0.05, 0) is 31.0 Å². The van der Waals surface area contributed by atoms with Crippen molar-refractivity contribution >= 4 is 17.4 Å². The van der Waals surface area contributed by atoms with Crippen LogP contribution < -0.4 is 10.2 Å². The summed E-state index contributed by atoms with van der Waals surface area (Å²) in [6.45, 7) is 0.125. The van der Waals surface area contributed by atoms with Crippen LogP contribution in [0.5, 0.6) is 0 Å². The number of hydrogen-bond acceptors (Lipinski definition) is 3. The van der Waals surface area contributed by atoms with E-state index < -0.39 is 0 Å². The molecule has 6 heteroatoms. The number of rotatable bonds is 5. The number of likely N-dealkylation sites (N-methyl/N-ethyl adjacent to an activating group) is 1. The van der Waals surface area contributed by atoms with Crippen LogP contribution in [0.25, 0.3) is 0 Å². The minimum atomic E-state index is -0.369. The lowest BCUT2D eigenvalue weighted by molar-refractivity contribution is 0.202. The minimum absolute atomic E-state index is 0.108. The molecule has 0 aromatic heterocycles. The van der Waals surface area contributed by atoms with Crippen LogP contribution in [-0.2, 0) is 0 Å². The fraction of sp³-hybridized carbons (Fsp3) is 0.588. The summed E-state index contributed by atoms with van der Waals surface area (Å²) in [5.41, 5.74) is 0.983. The molecule has 2 N–H and O–H groups in total. The first-order valence-electron chi connectivity index (χ1n) is 8.18. The number of anilines is 2. The standard InChI is InChI=1S/C17H26FN3O2/c1-20(10-11-22)17(23)19-13-8-9-16(15(18)12-13)21(2)14-6-4-3-5-7-14/h8-9,12,14,22H,3-7,10-11H2,1-2H3,(H,19,23). The monoisotopic (exact) mass is 323 g/mol. The zero-order valence-corrected chi connectivity index (χ0v) is 13.9. The predicted molar refractivity (Wildman–Crippen MR) is 90.4 cm³/mol. The molecule has 1 aromatic rings. The lowest BCUT2D eigenvalue weighted by Crippen LogP contribution is -2.34. The normalized spacial score (nSPS) is 15.3. The summed E-state index contributed by atoms with van der Waals surface area (Å²) in [4.78, 5) is 15.2. The van der Waals surface area contributed by atoms with Crippen molar-refractivity contribution in [3.63, 3.8) is 0 Å². The molecule has 0 spiro atoms. The number of nitrogens with zero attached hydrogens (tertiary/aromatic N) is 2. The Bertz CT molecular complexity index is 533. The largest absolute Gasteiger partial charge is 0.395 e. The Labute approximate surface area is 137 Å². The van der Waals surface area contributed by atoms with Gasteiger partial charge in [-0.1, -0.05) is 19.3 Å². The molecule has 1 saturated carbocycles. The van der Waals surface area contributed by atoms with Crippen molar-refractivity contribution in [1.29, 1.82) is 0 Å². The van der Waals surface area contributed by atoms with E-state index >= 15 is 0 Å². The van der Waals surface area contributed by atoms with Crippen LogP contribution in [-0.4, -0.2) is 49.3 Å². The van der Waals surface area contributed by atoms with Crippen molar-refractivity contribution < 1.29 is 14.3 Å². The number of halogens is 1. The maximum atomic E-state index is 14.4. The summed E-state index contributed by atoms with van der Waals surface area (Å²) in [5.74, 6) is -0.333. The van der Waals surface area contributed by atoms with E-state index in [4.69, 9.17) is 5.11 Å². The van der Waals surface area contributed by atoms with Crippen molar-refractivity contribution in [3.8, 4) is 0 Å². The Balaban J connectivity index is 2.03. The molecule has 2 amide bonds. The molecule has 0 atom stereocenters. The van der Waals surface area contributed by atoms with Crippen LogP contribution >= 0.6 is 0 Å². The first-order chi connectivity index (χ1) is 11.0. The van der Waals surface area contributed by atoms with Crippen molar-refractivity contribution in [1.82, 2.24) is 4.90 Å². The van der Waals surface area contributed by atoms with E-state index in [0.717, 1.165) is 12.8 Å². The Hall–Kier alpha value is -1.82. The summed E-state index contributed by atoms with van der Waals surface area (Å²) in [6, 6.07) is 4.79. The zero-order chi connectivity index (χ0) is 16.8. The molecule has 2 rings (SSSR count). The maximum Gasteiger partial charge on any atom is 0.321 e. The fourth-order valence-electron chi connectivity index (χ4n) is 3.01. The van der Waals surface area contributed by atoms with Crippen molar-refractivity contribution in [2.75, 3.05) is 37.5 Å². The second kappa shape index (κ2) is 8.15. The summed E-state index contributed by atoms with van der Waals surface area (Å²) in [6.07, 6.45) is 5.85. The average molecular weight is 323 g/mol. The van der Waals surface area contributed by atoms with E-state index in [2.05, 4.69) is 5.32 Å². The molecule has 23 heavy (non-hydrogen) atoms. The summed E-state index contributed by atoms with van der Waals surface area (Å²) < 4.78 is 14.4. The Morgan fingerprint density at radius 3 is 2.61 bits per heavy atom. The van der Waals surface area contributed by atoms with Gasteiger partial charge < -0.3 is 20.2 Å². The Morgan fingerprint density at radius 1 is 1.30 bits per heavy atom. The van der Waals surface area contributed by atoms with Gasteiger partial charge in [-0.2, -0.15) is 0 Å². The molecule has 1 aliphatic carbocycles. The van der Waals surface area contributed by atoms with Crippen molar-refractivity contribution in [2.24, 2.45) is 0 Å². The van der Waals surface area contributed by atoms with Gasteiger partial charge in [0.25, 0.3) is 0 Å². The number of aliphatic hydroxyl groups is 1. The van der Waals surface area contributed by atoms with Gasteiger partial charge in [-0.25, -0.2) is 9.18 Å². The summed E-state index contributed by atoms with van der Waals surface area (Å²) in [7, 11) is 3.51. The lowest BCUT2D eigenvalue weighted by atomic mass is 9.94. The quantitative estimate of drug-likeness (QED) is 0.875. The highest BCUT2D eigenvalue weighted by molar-refractivity contribution is 5.89. The van der Waals surface area contributed by atoms with E-state index in [1.165, 1.54) is 30.2 Å². The molecule has 0 unspecified atom stereocenters. The van der Waals surface area contributed by atoms with E-state index in [1.807, 2.05) is 11.9 Å². The Kier molecular flexibility index (Phi) is 6.21. The summed E-state index contributed by atoms with van der Waals surface area (Å²) >= 11 is 0. The van der Waals surface area contributed by atoms with Gasteiger partial charge in [-0.3, -0.25) is 0 Å². The van der Waals surface area contributed by atoms with E-state index in [-0.39, 0.29) is 25.0 Å². The van der Waals surface area contributed by atoms with Crippen LogP contribution in [0.3, 0.4) is 0 Å². The van der Waals surface area contributed by atoms with Crippen molar-refractivity contribution in [3.05, 3.63) is 24.0 Å². The number of carbonyl (C=O) groups excluding carboxylic acids is 1. The van der Waals surface area contributed by atoms with Crippen molar-refractivity contribution in [2.45, 2.75) is 38.1 Å². The van der Waals surface area contributed by atoms with Gasteiger partial charge in [0, 0.05) is 32.4 Å². The van der Waals surface area contributed by atoms with Gasteiger partial charge in [-0.15, -0.1) is 0 Å². The van der Waals surface area contributed by atoms with Crippen LogP contribution in [0.2, 0.25) is 0 Å². The van der Waals surface area contributed by atoms with Gasteiger partial charge in [0.05, 0.1) is 12.3 Å². The molecular formula is C17H26FN3O2. The molecule has 0 saturated heterocycles. The molecule has 1 fully saturated rings. The Morgan fingerprint density at radius 2 is 2.00 bits per heavy atom. The number of carbonyl (C=O) groups is 1. The zero-order valence-electron chi connectivity index (χ0n) is 13.9. The molecule has 0 aliphatic heterocycles. The molecule has 1 aromatic carbocycles. The lowest BCUT2D eigenvalue weighted by Gasteiger charge is -2.33. The SMILES string of the molecule is CN(CCO)C(=O)Nc1ccc(N(C)C2CCCCC2)c(F)c1. The third-order valence-electron chi connectivity index (χ3n) is 4.48. The third kappa shape index (κ3) is 4.58. The predicted octanol–water partition coefficient (Wildman–Crippen LogP) is 3.05. The smallest absolute Gasteiger partial charge is 0.321 e. The molecule has 128 valence electrons. The van der Waals surface area contributed by atoms with E-state index in [9.17, 15) is 9.18 Å². The highest BCUT2D eigenvalue weighted by Gasteiger charge is 2.20. The number of urea groups is 1. The van der Waals surface area contributed by atoms with Gasteiger partial charge in [0.15, 0.2) is 0 Å². The average Bonchev–Trinajstić information content (AvgIpc) is 2.55. The van der Waals surface area contributed by atoms with Gasteiger partial charge in [0.1, 0.15) is 5.82 Å². The van der Waals surface area contributed by atoms with Crippen LogP contribution in [0.4, 0.5) is 20.6 Å². The topological polar surface area (TPSA) is 55.8 Å². The van der Waals surface area contributed by atoms with Crippen LogP contribution in [0.1, 0.15) is 32.1 Å². The number of benzene rings is 1. The minimum Gasteiger partial charge on any atom is -0.395 e. The number of aliphatic hydroxyl groups excluding tert-OH is 1. The fourth-order valence-corrected chi connectivity index (χ4v) is 3.01. The van der Waals surface area contributed by atoms with Crippen LogP contribution in [0.15, 0.2) is 18.2 Å². The second-order valence-electron chi connectivity index (χ2n) is 6.14. The molecule has 1 aliphatic rings. The molecule has 5 nitrogen and oxygen atoms in total. The van der Waals surface area contributed by atoms with Gasteiger partial charge >= 0.3 is 6.03 Å². The van der Waals surface area contributed by atoms with E-state index in [1.54, 1.807) is 19.2 Å². The van der Waals surface area contributed by atoms with Gasteiger partial charge in [0.2, 0.25) is 0 Å². The van der Waals surface area contributed by atoms with Crippen LogP contribution in [0, 0.1) is 5.82 Å². The summed E-state index contributed by atoms with van der Waals surface area (Å²) in [5, 5.41) is 11.5. The molecule has 0 bridgehead atoms. The highest BCUT2D eigenvalue weighted by Crippen LogP contribution is 2.29.